The molecule has 0 aromatic carbocycles. The van der Waals surface area contributed by atoms with Gasteiger partial charge in [-0.25, -0.2) is 0 Å². The van der Waals surface area contributed by atoms with Gasteiger partial charge in [0.25, 0.3) is 5.97 Å². The molecule has 0 aliphatic rings. The molecule has 0 unspecified atom stereocenters. The van der Waals surface area contributed by atoms with Gasteiger partial charge in [-0.2, -0.15) is 0 Å². The quantitative estimate of drug-likeness (QED) is 0.614. The van der Waals surface area contributed by atoms with Crippen molar-refractivity contribution in [1.29, 1.82) is 0 Å². The summed E-state index contributed by atoms with van der Waals surface area (Å²) in [4.78, 5) is 10.7. The minimum atomic E-state index is -1.68. The summed E-state index contributed by atoms with van der Waals surface area (Å²) < 4.78 is 5.25. The molecule has 0 aromatic rings. The molecule has 2 nitrogen and oxygen atoms in total. The van der Waals surface area contributed by atoms with Crippen molar-refractivity contribution < 1.29 is 9.22 Å². The Morgan fingerprint density at radius 1 is 1.45 bits per heavy atom. The second-order valence-corrected chi connectivity index (χ2v) is 8.08. The molecule has 0 bridgehead atoms. The summed E-state index contributed by atoms with van der Waals surface area (Å²) in [6, 6.07) is 1.05. The van der Waals surface area contributed by atoms with Gasteiger partial charge < -0.3 is 4.43 Å². The van der Waals surface area contributed by atoms with E-state index in [1.165, 1.54) is 6.92 Å². The zero-order valence-electron chi connectivity index (χ0n) is 8.10. The second-order valence-electron chi connectivity index (χ2n) is 3.95. The van der Waals surface area contributed by atoms with Gasteiger partial charge in [-0.1, -0.05) is 13.8 Å². The molecule has 66 valence electrons. The predicted octanol–water partition coefficient (Wildman–Crippen LogP) is 2.41. The fraction of sp³-hybridized carbons (Fsp3) is 0.875. The molecular formula is C8H18O2Si. The Kier molecular flexibility index (Phi) is 3.79. The number of hydrogen-bond donors (Lipinski definition) is 0. The van der Waals surface area contributed by atoms with E-state index in [9.17, 15) is 4.79 Å². The van der Waals surface area contributed by atoms with E-state index in [2.05, 4.69) is 26.9 Å². The first-order chi connectivity index (χ1) is 4.83. The third-order valence-electron chi connectivity index (χ3n) is 1.32. The third kappa shape index (κ3) is 6.10. The Morgan fingerprint density at radius 3 is 2.18 bits per heavy atom. The molecule has 0 heterocycles. The molecule has 0 amide bonds. The minimum absolute atomic E-state index is 0.137. The van der Waals surface area contributed by atoms with Gasteiger partial charge in [0.2, 0.25) is 8.32 Å². The first kappa shape index (κ1) is 10.7. The van der Waals surface area contributed by atoms with E-state index >= 15 is 0 Å². The number of rotatable bonds is 3. The van der Waals surface area contributed by atoms with E-state index < -0.39 is 8.32 Å². The maximum Gasteiger partial charge on any atom is 0.289 e. The normalized spacial score (nSPS) is 11.8. The summed E-state index contributed by atoms with van der Waals surface area (Å²) in [5.74, 6) is 0.485. The zero-order chi connectivity index (χ0) is 9.07. The predicted molar refractivity (Wildman–Crippen MR) is 48.9 cm³/mol. The van der Waals surface area contributed by atoms with E-state index in [0.717, 1.165) is 6.04 Å². The number of carbonyl (C=O) groups excluding carboxylic acids is 1. The lowest BCUT2D eigenvalue weighted by atomic mass is 10.3. The molecule has 0 fully saturated rings. The van der Waals surface area contributed by atoms with Crippen LogP contribution in [0, 0.1) is 5.92 Å². The summed E-state index contributed by atoms with van der Waals surface area (Å²) in [6.45, 7) is 9.94. The Balaban J connectivity index is 3.89. The van der Waals surface area contributed by atoms with Crippen LogP contribution in [0.15, 0.2) is 0 Å². The Labute approximate surface area is 70.1 Å². The van der Waals surface area contributed by atoms with E-state index in [0.29, 0.717) is 5.92 Å². The summed E-state index contributed by atoms with van der Waals surface area (Å²) in [5.41, 5.74) is 0. The highest BCUT2D eigenvalue weighted by atomic mass is 28.4. The molecule has 0 saturated carbocycles. The lowest BCUT2D eigenvalue weighted by molar-refractivity contribution is -0.132. The van der Waals surface area contributed by atoms with E-state index in [4.69, 9.17) is 4.43 Å². The van der Waals surface area contributed by atoms with Crippen molar-refractivity contribution in [1.82, 2.24) is 0 Å². The van der Waals surface area contributed by atoms with Crippen LogP contribution in [0.1, 0.15) is 20.8 Å². The Bertz CT molecular complexity index is 141. The largest absolute Gasteiger partial charge is 0.520 e. The van der Waals surface area contributed by atoms with Gasteiger partial charge in [0, 0.05) is 6.92 Å². The minimum Gasteiger partial charge on any atom is -0.520 e. The van der Waals surface area contributed by atoms with Crippen LogP contribution in [0.2, 0.25) is 19.1 Å². The summed E-state index contributed by atoms with van der Waals surface area (Å²) in [5, 5.41) is 0. The van der Waals surface area contributed by atoms with Crippen molar-refractivity contribution in [2.24, 2.45) is 5.92 Å². The van der Waals surface area contributed by atoms with E-state index in [-0.39, 0.29) is 5.97 Å². The molecule has 0 aromatic heterocycles. The topological polar surface area (TPSA) is 26.3 Å². The zero-order valence-corrected chi connectivity index (χ0v) is 9.10. The summed E-state index contributed by atoms with van der Waals surface area (Å²) in [7, 11) is -1.68. The SMILES string of the molecule is CC(=O)O[Si](C)(C)CC(C)C. The van der Waals surface area contributed by atoms with Crippen LogP contribution in [0.4, 0.5) is 0 Å². The molecule has 0 saturated heterocycles. The highest BCUT2D eigenvalue weighted by molar-refractivity contribution is 6.72. The third-order valence-corrected chi connectivity index (χ3v) is 3.96. The van der Waals surface area contributed by atoms with Gasteiger partial charge in [-0.3, -0.25) is 4.79 Å². The van der Waals surface area contributed by atoms with Crippen molar-refractivity contribution in [3.8, 4) is 0 Å². The van der Waals surface area contributed by atoms with E-state index in [1.54, 1.807) is 0 Å². The highest BCUT2D eigenvalue weighted by Crippen LogP contribution is 2.17. The first-order valence-electron chi connectivity index (χ1n) is 4.03. The second kappa shape index (κ2) is 3.90. The molecule has 0 N–H and O–H groups in total. The molecular weight excluding hydrogens is 156 g/mol. The van der Waals surface area contributed by atoms with Crippen molar-refractivity contribution >= 4 is 14.3 Å². The van der Waals surface area contributed by atoms with Crippen molar-refractivity contribution in [2.75, 3.05) is 0 Å². The maximum atomic E-state index is 10.7. The average molecular weight is 174 g/mol. The number of carbonyl (C=O) groups is 1. The molecule has 0 radical (unpaired) electrons. The van der Waals surface area contributed by atoms with Gasteiger partial charge in [0.1, 0.15) is 0 Å². The highest BCUT2D eigenvalue weighted by Gasteiger charge is 2.26. The Morgan fingerprint density at radius 2 is 1.91 bits per heavy atom. The maximum absolute atomic E-state index is 10.7. The van der Waals surface area contributed by atoms with Crippen molar-refractivity contribution in [3.05, 3.63) is 0 Å². The smallest absolute Gasteiger partial charge is 0.289 e. The monoisotopic (exact) mass is 174 g/mol. The van der Waals surface area contributed by atoms with Crippen LogP contribution in [0.3, 0.4) is 0 Å². The number of hydrogen-bond acceptors (Lipinski definition) is 2. The summed E-state index contributed by atoms with van der Waals surface area (Å²) in [6.07, 6.45) is 0. The fourth-order valence-corrected chi connectivity index (χ4v) is 4.24. The van der Waals surface area contributed by atoms with Gasteiger partial charge in [0.05, 0.1) is 0 Å². The molecule has 0 aliphatic heterocycles. The van der Waals surface area contributed by atoms with Gasteiger partial charge in [-0.15, -0.1) is 0 Å². The summed E-state index contributed by atoms with van der Waals surface area (Å²) >= 11 is 0. The lowest BCUT2D eigenvalue weighted by Crippen LogP contribution is -2.33. The van der Waals surface area contributed by atoms with Crippen LogP contribution in [0.25, 0.3) is 0 Å². The molecule has 0 spiro atoms. The molecule has 3 heteroatoms. The fourth-order valence-electron chi connectivity index (χ4n) is 1.41. The van der Waals surface area contributed by atoms with Crippen molar-refractivity contribution in [2.45, 2.75) is 39.9 Å². The standard InChI is InChI=1S/C8H18O2Si/c1-7(2)6-11(4,5)10-8(3)9/h7H,6H2,1-5H3. The first-order valence-corrected chi connectivity index (χ1v) is 7.14. The molecule has 0 rings (SSSR count). The van der Waals surface area contributed by atoms with Gasteiger partial charge in [-0.05, 0) is 25.1 Å². The van der Waals surface area contributed by atoms with Crippen LogP contribution < -0.4 is 0 Å². The molecule has 0 aliphatic carbocycles. The van der Waals surface area contributed by atoms with Gasteiger partial charge in [0.15, 0.2) is 0 Å². The van der Waals surface area contributed by atoms with Crippen LogP contribution in [0.5, 0.6) is 0 Å². The Hall–Kier alpha value is -0.313. The van der Waals surface area contributed by atoms with E-state index in [1.807, 2.05) is 0 Å². The van der Waals surface area contributed by atoms with Crippen LogP contribution >= 0.6 is 0 Å². The average Bonchev–Trinajstić information content (AvgIpc) is 1.53. The molecule has 11 heavy (non-hydrogen) atoms. The van der Waals surface area contributed by atoms with Crippen LogP contribution in [-0.4, -0.2) is 14.3 Å². The lowest BCUT2D eigenvalue weighted by Gasteiger charge is -2.23. The van der Waals surface area contributed by atoms with Crippen LogP contribution in [-0.2, 0) is 9.22 Å². The van der Waals surface area contributed by atoms with Gasteiger partial charge >= 0.3 is 0 Å². The molecule has 0 atom stereocenters. The van der Waals surface area contributed by atoms with Crippen molar-refractivity contribution in [3.63, 3.8) is 0 Å².